The van der Waals surface area contributed by atoms with Crippen molar-refractivity contribution >= 4 is 16.0 Å². The third kappa shape index (κ3) is 6.47. The summed E-state index contributed by atoms with van der Waals surface area (Å²) in [6.45, 7) is 2.05. The van der Waals surface area contributed by atoms with Crippen molar-refractivity contribution in [3.8, 4) is 11.6 Å². The van der Waals surface area contributed by atoms with Crippen molar-refractivity contribution in [1.29, 1.82) is 0 Å². The van der Waals surface area contributed by atoms with Crippen LogP contribution in [-0.2, 0) is 35.0 Å². The Kier molecular flexibility index (Phi) is 6.35. The highest BCUT2D eigenvalue weighted by Crippen LogP contribution is 2.22. The zero-order valence-corrected chi connectivity index (χ0v) is 16.8. The van der Waals surface area contributed by atoms with E-state index < -0.39 is 10.0 Å². The van der Waals surface area contributed by atoms with E-state index in [0.29, 0.717) is 35.7 Å². The molecular weight excluding hydrogens is 392 g/mol. The molecule has 10 heteroatoms. The van der Waals surface area contributed by atoms with Crippen LogP contribution in [0, 0.1) is 0 Å². The number of primary sulfonamides is 1. The fourth-order valence-corrected chi connectivity index (χ4v) is 3.27. The van der Waals surface area contributed by atoms with E-state index in [1.165, 1.54) is 0 Å². The van der Waals surface area contributed by atoms with Crippen molar-refractivity contribution in [2.45, 2.75) is 31.9 Å². The predicted molar refractivity (Wildman–Crippen MR) is 109 cm³/mol. The first-order chi connectivity index (χ1) is 13.8. The van der Waals surface area contributed by atoms with Crippen LogP contribution in [0.5, 0.6) is 11.6 Å². The Labute approximate surface area is 169 Å². The Morgan fingerprint density at radius 1 is 1.00 bits per heavy atom. The number of sulfonamides is 1. The lowest BCUT2D eigenvalue weighted by Gasteiger charge is -2.08. The van der Waals surface area contributed by atoms with Gasteiger partial charge in [0.15, 0.2) is 0 Å². The molecule has 0 aliphatic carbocycles. The SMILES string of the molecule is CCc1cnc(CCc2cc(Oc3ccc(CS(N)(=O)=O)cc3)nc(N)n2)nc1. The molecule has 152 valence electrons. The van der Waals surface area contributed by atoms with Crippen LogP contribution in [0.25, 0.3) is 0 Å². The van der Waals surface area contributed by atoms with Crippen LogP contribution in [-0.4, -0.2) is 28.4 Å². The molecule has 0 atom stereocenters. The van der Waals surface area contributed by atoms with Gasteiger partial charge in [-0.2, -0.15) is 4.98 Å². The molecule has 3 aromatic rings. The smallest absolute Gasteiger partial charge is 0.224 e. The normalized spacial score (nSPS) is 11.4. The number of hydrogen-bond donors (Lipinski definition) is 2. The van der Waals surface area contributed by atoms with Crippen molar-refractivity contribution < 1.29 is 13.2 Å². The number of ether oxygens (including phenoxy) is 1. The molecular formula is C19H22N6O3S. The summed E-state index contributed by atoms with van der Waals surface area (Å²) in [5.74, 6) is 1.39. The Morgan fingerprint density at radius 3 is 2.31 bits per heavy atom. The van der Waals surface area contributed by atoms with E-state index in [-0.39, 0.29) is 11.7 Å². The Bertz CT molecular complexity index is 1070. The summed E-state index contributed by atoms with van der Waals surface area (Å²) in [5, 5.41) is 5.05. The number of rotatable bonds is 8. The molecule has 0 amide bonds. The van der Waals surface area contributed by atoms with Gasteiger partial charge in [0.05, 0.1) is 11.4 Å². The molecule has 0 bridgehead atoms. The first-order valence-electron chi connectivity index (χ1n) is 9.01. The minimum atomic E-state index is -3.58. The second-order valence-electron chi connectivity index (χ2n) is 6.47. The molecule has 0 spiro atoms. The summed E-state index contributed by atoms with van der Waals surface area (Å²) in [7, 11) is -3.58. The number of anilines is 1. The van der Waals surface area contributed by atoms with Crippen LogP contribution in [0.3, 0.4) is 0 Å². The van der Waals surface area contributed by atoms with E-state index in [1.54, 1.807) is 30.3 Å². The second-order valence-corrected chi connectivity index (χ2v) is 8.08. The Morgan fingerprint density at radius 2 is 1.69 bits per heavy atom. The van der Waals surface area contributed by atoms with Crippen LogP contribution in [0.2, 0.25) is 0 Å². The summed E-state index contributed by atoms with van der Waals surface area (Å²) in [6, 6.07) is 8.24. The van der Waals surface area contributed by atoms with Crippen molar-refractivity contribution in [2.75, 3.05) is 5.73 Å². The van der Waals surface area contributed by atoms with Crippen LogP contribution >= 0.6 is 0 Å². The Hall–Kier alpha value is -3.11. The van der Waals surface area contributed by atoms with Gasteiger partial charge in [-0.25, -0.2) is 28.5 Å². The number of aryl methyl sites for hydroxylation is 3. The molecule has 0 fully saturated rings. The van der Waals surface area contributed by atoms with Gasteiger partial charge >= 0.3 is 0 Å². The molecule has 0 aliphatic rings. The molecule has 0 unspecified atom stereocenters. The van der Waals surface area contributed by atoms with E-state index in [0.717, 1.165) is 17.8 Å². The highest BCUT2D eigenvalue weighted by Gasteiger charge is 2.08. The summed E-state index contributed by atoms with van der Waals surface area (Å²) in [6.07, 6.45) is 5.74. The van der Waals surface area contributed by atoms with E-state index >= 15 is 0 Å². The van der Waals surface area contributed by atoms with Gasteiger partial charge in [-0.3, -0.25) is 0 Å². The standard InChI is InChI=1S/C19H22N6O3S/c1-2-13-10-22-17(23-11-13)8-5-15-9-18(25-19(20)24-15)28-16-6-3-14(4-7-16)12-29(21,26)27/h3-4,6-7,9-11H,2,5,8,12H2,1H3,(H2,20,24,25)(H2,21,26,27). The van der Waals surface area contributed by atoms with Crippen molar-refractivity contribution in [3.63, 3.8) is 0 Å². The summed E-state index contributed by atoms with van der Waals surface area (Å²) >= 11 is 0. The maximum Gasteiger partial charge on any atom is 0.224 e. The topological polar surface area (TPSA) is 147 Å². The van der Waals surface area contributed by atoms with Crippen molar-refractivity contribution in [1.82, 2.24) is 19.9 Å². The molecule has 0 saturated heterocycles. The van der Waals surface area contributed by atoms with E-state index in [1.807, 2.05) is 12.4 Å². The van der Waals surface area contributed by atoms with Gasteiger partial charge in [0, 0.05) is 24.9 Å². The quantitative estimate of drug-likeness (QED) is 0.567. The molecule has 29 heavy (non-hydrogen) atoms. The second kappa shape index (κ2) is 8.93. The zero-order chi connectivity index (χ0) is 20.9. The number of hydrogen-bond acceptors (Lipinski definition) is 8. The fourth-order valence-electron chi connectivity index (χ4n) is 2.61. The van der Waals surface area contributed by atoms with E-state index in [2.05, 4.69) is 26.9 Å². The van der Waals surface area contributed by atoms with Gasteiger partial charge in [0.25, 0.3) is 0 Å². The lowest BCUT2D eigenvalue weighted by molar-refractivity contribution is 0.461. The van der Waals surface area contributed by atoms with Gasteiger partial charge in [-0.1, -0.05) is 19.1 Å². The van der Waals surface area contributed by atoms with Gasteiger partial charge in [-0.05, 0) is 36.1 Å². The molecule has 1 aromatic carbocycles. The molecule has 0 saturated carbocycles. The van der Waals surface area contributed by atoms with E-state index in [9.17, 15) is 8.42 Å². The van der Waals surface area contributed by atoms with Gasteiger partial charge in [-0.15, -0.1) is 0 Å². The number of aromatic nitrogens is 4. The van der Waals surface area contributed by atoms with E-state index in [4.69, 9.17) is 15.6 Å². The molecule has 9 nitrogen and oxygen atoms in total. The lowest BCUT2D eigenvalue weighted by Crippen LogP contribution is -2.14. The molecule has 0 aliphatic heterocycles. The highest BCUT2D eigenvalue weighted by molar-refractivity contribution is 7.88. The highest BCUT2D eigenvalue weighted by atomic mass is 32.2. The number of nitrogen functional groups attached to an aromatic ring is 1. The van der Waals surface area contributed by atoms with Crippen molar-refractivity contribution in [2.24, 2.45) is 5.14 Å². The van der Waals surface area contributed by atoms with Crippen LogP contribution in [0.1, 0.15) is 29.6 Å². The van der Waals surface area contributed by atoms with Crippen LogP contribution in [0.15, 0.2) is 42.7 Å². The van der Waals surface area contributed by atoms with Gasteiger partial charge in [0.2, 0.25) is 21.9 Å². The average Bonchev–Trinajstić information content (AvgIpc) is 2.67. The van der Waals surface area contributed by atoms with Gasteiger partial charge in [0.1, 0.15) is 11.6 Å². The summed E-state index contributed by atoms with van der Waals surface area (Å²) in [4.78, 5) is 17.0. The predicted octanol–water partition coefficient (Wildman–Crippen LogP) is 1.78. The zero-order valence-electron chi connectivity index (χ0n) is 15.9. The largest absolute Gasteiger partial charge is 0.439 e. The number of nitrogens with zero attached hydrogens (tertiary/aromatic N) is 4. The molecule has 2 heterocycles. The van der Waals surface area contributed by atoms with Crippen LogP contribution in [0.4, 0.5) is 5.95 Å². The maximum absolute atomic E-state index is 11.2. The lowest BCUT2D eigenvalue weighted by atomic mass is 10.2. The maximum atomic E-state index is 11.2. The minimum absolute atomic E-state index is 0.102. The number of nitrogens with two attached hydrogens (primary N) is 2. The monoisotopic (exact) mass is 414 g/mol. The first-order valence-corrected chi connectivity index (χ1v) is 10.7. The van der Waals surface area contributed by atoms with Crippen molar-refractivity contribution in [3.05, 3.63) is 65.4 Å². The molecule has 0 radical (unpaired) electrons. The fraction of sp³-hybridized carbons (Fsp3) is 0.263. The van der Waals surface area contributed by atoms with Gasteiger partial charge < -0.3 is 10.5 Å². The summed E-state index contributed by atoms with van der Waals surface area (Å²) < 4.78 is 28.0. The minimum Gasteiger partial charge on any atom is -0.439 e. The molecule has 4 N–H and O–H groups in total. The third-order valence-electron chi connectivity index (χ3n) is 4.06. The average molecular weight is 414 g/mol. The first kappa shape index (κ1) is 20.6. The number of benzene rings is 1. The third-order valence-corrected chi connectivity index (χ3v) is 4.79. The van der Waals surface area contributed by atoms with Crippen LogP contribution < -0.4 is 15.6 Å². The molecule has 3 rings (SSSR count). The Balaban J connectivity index is 1.66. The molecule has 2 aromatic heterocycles. The summed E-state index contributed by atoms with van der Waals surface area (Å²) in [5.41, 5.74) is 8.16.